The lowest BCUT2D eigenvalue weighted by atomic mass is 10.2. The van der Waals surface area contributed by atoms with Crippen molar-refractivity contribution in [3.63, 3.8) is 0 Å². The van der Waals surface area contributed by atoms with Gasteiger partial charge in [-0.05, 0) is 33.9 Å². The van der Waals surface area contributed by atoms with Crippen LogP contribution in [0.25, 0.3) is 0 Å². The van der Waals surface area contributed by atoms with Crippen LogP contribution in [0.15, 0.2) is 0 Å². The van der Waals surface area contributed by atoms with Gasteiger partial charge in [-0.15, -0.1) is 0 Å². The number of nitrogens with zero attached hydrogens (tertiary/aromatic N) is 2. The smallest absolute Gasteiger partial charge is 0.0342 e. The summed E-state index contributed by atoms with van der Waals surface area (Å²) in [5.41, 5.74) is 0. The molecule has 0 radical (unpaired) electrons. The van der Waals surface area contributed by atoms with Gasteiger partial charge in [0.25, 0.3) is 0 Å². The van der Waals surface area contributed by atoms with Gasteiger partial charge in [-0.25, -0.2) is 4.31 Å². The van der Waals surface area contributed by atoms with E-state index in [2.05, 4.69) is 42.9 Å². The second-order valence-corrected chi connectivity index (χ2v) is 4.14. The van der Waals surface area contributed by atoms with Crippen molar-refractivity contribution < 1.29 is 0 Å². The second kappa shape index (κ2) is 3.78. The van der Waals surface area contributed by atoms with Crippen LogP contribution in [-0.4, -0.2) is 41.4 Å². The molecule has 0 N–H and O–H groups in total. The monoisotopic (exact) mass is 174 g/mol. The predicted octanol–water partition coefficient (Wildman–Crippen LogP) is 1.25. The van der Waals surface area contributed by atoms with E-state index < -0.39 is 0 Å². The number of rotatable bonds is 2. The lowest BCUT2D eigenvalue weighted by Gasteiger charge is -2.26. The number of hydrogen-bond donors (Lipinski definition) is 1. The lowest BCUT2D eigenvalue weighted by molar-refractivity contribution is 0.297. The van der Waals surface area contributed by atoms with E-state index in [1.807, 2.05) is 0 Å². The predicted molar refractivity (Wildman–Crippen MR) is 51.9 cm³/mol. The van der Waals surface area contributed by atoms with Crippen molar-refractivity contribution in [2.45, 2.75) is 32.4 Å². The minimum atomic E-state index is 0.551. The summed E-state index contributed by atoms with van der Waals surface area (Å²) in [6.07, 6.45) is 1.26. The Morgan fingerprint density at radius 3 is 2.55 bits per heavy atom. The highest BCUT2D eigenvalue weighted by Gasteiger charge is 2.24. The molecule has 1 aliphatic rings. The second-order valence-electron chi connectivity index (χ2n) is 3.68. The van der Waals surface area contributed by atoms with Gasteiger partial charge in [0, 0.05) is 18.6 Å². The topological polar surface area (TPSA) is 6.48 Å². The van der Waals surface area contributed by atoms with Crippen LogP contribution in [0.5, 0.6) is 0 Å². The summed E-state index contributed by atoms with van der Waals surface area (Å²) >= 11 is 4.47. The molecule has 1 heterocycles. The molecular weight excluding hydrogens is 156 g/mol. The summed E-state index contributed by atoms with van der Waals surface area (Å²) in [6.45, 7) is 6.76. The Kier molecular flexibility index (Phi) is 3.22. The van der Waals surface area contributed by atoms with Crippen molar-refractivity contribution in [2.75, 3.05) is 20.1 Å². The third-order valence-electron chi connectivity index (χ3n) is 2.27. The fourth-order valence-corrected chi connectivity index (χ4v) is 1.74. The fourth-order valence-electron chi connectivity index (χ4n) is 1.55. The molecule has 1 unspecified atom stereocenters. The third kappa shape index (κ3) is 2.36. The highest BCUT2D eigenvalue weighted by atomic mass is 32.1. The van der Waals surface area contributed by atoms with Crippen molar-refractivity contribution in [1.29, 1.82) is 0 Å². The molecule has 1 atom stereocenters. The molecule has 1 rings (SSSR count). The molecule has 1 fully saturated rings. The number of likely N-dealkylation sites (tertiary alicyclic amines) is 1. The maximum Gasteiger partial charge on any atom is 0.0342 e. The molecule has 0 amide bonds. The van der Waals surface area contributed by atoms with E-state index in [1.165, 1.54) is 19.5 Å². The third-order valence-corrected chi connectivity index (χ3v) is 3.06. The Balaban J connectivity index is 2.36. The van der Waals surface area contributed by atoms with E-state index in [-0.39, 0.29) is 0 Å². The zero-order chi connectivity index (χ0) is 8.43. The van der Waals surface area contributed by atoms with Gasteiger partial charge < -0.3 is 4.90 Å². The van der Waals surface area contributed by atoms with Gasteiger partial charge in [0.1, 0.15) is 0 Å². The first-order valence-corrected chi connectivity index (χ1v) is 4.67. The summed E-state index contributed by atoms with van der Waals surface area (Å²) < 4.78 is 2.17. The van der Waals surface area contributed by atoms with Gasteiger partial charge in [-0.2, -0.15) is 0 Å². The summed E-state index contributed by atoms with van der Waals surface area (Å²) in [6, 6.07) is 1.21. The van der Waals surface area contributed by atoms with Crippen LogP contribution in [0, 0.1) is 0 Å². The minimum Gasteiger partial charge on any atom is -0.305 e. The number of thiol groups is 1. The number of likely N-dealkylation sites (N-methyl/N-ethyl adjacent to an activating group) is 1. The molecule has 1 aliphatic heterocycles. The average Bonchev–Trinajstić information content (AvgIpc) is 2.34. The fraction of sp³-hybridized carbons (Fsp3) is 1.00. The summed E-state index contributed by atoms with van der Waals surface area (Å²) in [7, 11) is 2.17. The normalized spacial score (nSPS) is 27.3. The van der Waals surface area contributed by atoms with Crippen LogP contribution < -0.4 is 0 Å². The zero-order valence-electron chi connectivity index (χ0n) is 7.62. The summed E-state index contributed by atoms with van der Waals surface area (Å²) in [5.74, 6) is 0. The number of hydrogen-bond acceptors (Lipinski definition) is 3. The van der Waals surface area contributed by atoms with Crippen LogP contribution in [0.4, 0.5) is 0 Å². The Bertz CT molecular complexity index is 127. The van der Waals surface area contributed by atoms with E-state index >= 15 is 0 Å². The first kappa shape index (κ1) is 9.36. The molecule has 66 valence electrons. The molecule has 0 aromatic rings. The van der Waals surface area contributed by atoms with Crippen LogP contribution in [-0.2, 0) is 0 Å². The molecule has 0 bridgehead atoms. The van der Waals surface area contributed by atoms with Crippen molar-refractivity contribution in [3.05, 3.63) is 0 Å². The summed E-state index contributed by atoms with van der Waals surface area (Å²) in [5, 5.41) is 0. The van der Waals surface area contributed by atoms with E-state index in [1.54, 1.807) is 0 Å². The Morgan fingerprint density at radius 1 is 1.55 bits per heavy atom. The molecule has 2 nitrogen and oxygen atoms in total. The maximum absolute atomic E-state index is 4.47. The van der Waals surface area contributed by atoms with Crippen LogP contribution >= 0.6 is 12.8 Å². The van der Waals surface area contributed by atoms with E-state index in [9.17, 15) is 0 Å². The van der Waals surface area contributed by atoms with Crippen molar-refractivity contribution in [3.8, 4) is 0 Å². The summed E-state index contributed by atoms with van der Waals surface area (Å²) in [4.78, 5) is 2.36. The molecule has 0 aliphatic carbocycles. The van der Waals surface area contributed by atoms with Gasteiger partial charge in [0.15, 0.2) is 0 Å². The maximum atomic E-state index is 4.47. The Hall–Kier alpha value is 0.270. The van der Waals surface area contributed by atoms with Gasteiger partial charge >= 0.3 is 0 Å². The SMILES string of the molecule is CC(C)N(S)C1CCN(C)C1. The van der Waals surface area contributed by atoms with Crippen molar-refractivity contribution in [1.82, 2.24) is 9.21 Å². The van der Waals surface area contributed by atoms with Gasteiger partial charge in [-0.3, -0.25) is 0 Å². The molecule has 0 spiro atoms. The first-order valence-electron chi connectivity index (χ1n) is 4.27. The van der Waals surface area contributed by atoms with Gasteiger partial charge in [0.2, 0.25) is 0 Å². The van der Waals surface area contributed by atoms with Crippen LogP contribution in [0.2, 0.25) is 0 Å². The average molecular weight is 174 g/mol. The van der Waals surface area contributed by atoms with E-state index in [4.69, 9.17) is 0 Å². The molecule has 0 aromatic heterocycles. The first-order chi connectivity index (χ1) is 5.11. The highest BCUT2D eigenvalue weighted by Crippen LogP contribution is 2.17. The molecule has 0 aromatic carbocycles. The Labute approximate surface area is 75.1 Å². The van der Waals surface area contributed by atoms with Gasteiger partial charge in [0.05, 0.1) is 0 Å². The molecular formula is C8H18N2S. The van der Waals surface area contributed by atoms with E-state index in [0.717, 1.165) is 0 Å². The quantitative estimate of drug-likeness (QED) is 0.629. The molecule has 3 heteroatoms. The van der Waals surface area contributed by atoms with Crippen molar-refractivity contribution in [2.24, 2.45) is 0 Å². The molecule has 11 heavy (non-hydrogen) atoms. The standard InChI is InChI=1S/C8H18N2S/c1-7(2)10(11)8-4-5-9(3)6-8/h7-8,11H,4-6H2,1-3H3. The largest absolute Gasteiger partial charge is 0.305 e. The van der Waals surface area contributed by atoms with E-state index in [0.29, 0.717) is 12.1 Å². The minimum absolute atomic E-state index is 0.551. The Morgan fingerprint density at radius 2 is 2.18 bits per heavy atom. The van der Waals surface area contributed by atoms with Crippen LogP contribution in [0.3, 0.4) is 0 Å². The van der Waals surface area contributed by atoms with Crippen LogP contribution in [0.1, 0.15) is 20.3 Å². The van der Waals surface area contributed by atoms with Gasteiger partial charge in [-0.1, -0.05) is 12.8 Å². The zero-order valence-corrected chi connectivity index (χ0v) is 8.51. The lowest BCUT2D eigenvalue weighted by Crippen LogP contribution is -2.34. The van der Waals surface area contributed by atoms with Crippen molar-refractivity contribution >= 4 is 12.8 Å². The molecule has 0 saturated carbocycles. The highest BCUT2D eigenvalue weighted by molar-refractivity contribution is 7.77. The molecule has 1 saturated heterocycles.